The molecule has 0 spiro atoms. The van der Waals surface area contributed by atoms with Crippen LogP contribution in [-0.2, 0) is 11.3 Å². The molecule has 8 nitrogen and oxygen atoms in total. The number of allylic oxidation sites excluding steroid dienone is 3. The SMILES string of the molecule is C=C/C(=C\C(=C/C)c1cnc(N2CCN(Cc3csc(NC(C)=O)n3)CC2)nc1)CO. The zero-order chi connectivity index (χ0) is 22.2. The molecule has 0 unspecified atom stereocenters. The van der Waals surface area contributed by atoms with Gasteiger partial charge in [0.25, 0.3) is 0 Å². The Hall–Kier alpha value is -2.88. The van der Waals surface area contributed by atoms with E-state index < -0.39 is 0 Å². The minimum Gasteiger partial charge on any atom is -0.392 e. The van der Waals surface area contributed by atoms with Crippen LogP contribution in [-0.4, -0.2) is 63.7 Å². The summed E-state index contributed by atoms with van der Waals surface area (Å²) in [5.41, 5.74) is 3.56. The van der Waals surface area contributed by atoms with Crippen LogP contribution in [0.5, 0.6) is 0 Å². The lowest BCUT2D eigenvalue weighted by molar-refractivity contribution is -0.114. The van der Waals surface area contributed by atoms with Gasteiger partial charge in [0.05, 0.1) is 12.3 Å². The summed E-state index contributed by atoms with van der Waals surface area (Å²) in [6.45, 7) is 11.3. The second kappa shape index (κ2) is 10.9. The minimum atomic E-state index is -0.104. The number of amides is 1. The summed E-state index contributed by atoms with van der Waals surface area (Å²) in [4.78, 5) is 29.2. The van der Waals surface area contributed by atoms with E-state index in [0.717, 1.165) is 61.1 Å². The predicted molar refractivity (Wildman–Crippen MR) is 125 cm³/mol. The molecule has 0 bridgehead atoms. The third kappa shape index (κ3) is 6.30. The quantitative estimate of drug-likeness (QED) is 0.610. The fourth-order valence-electron chi connectivity index (χ4n) is 3.26. The fraction of sp³-hybridized carbons (Fsp3) is 0.364. The first-order valence-corrected chi connectivity index (χ1v) is 11.0. The maximum atomic E-state index is 11.1. The van der Waals surface area contributed by atoms with Crippen LogP contribution in [0.1, 0.15) is 25.1 Å². The standard InChI is InChI=1S/C22H28N6O2S/c1-4-17(14-29)10-18(5-2)19-11-23-21(24-12-19)28-8-6-27(7-9-28)13-20-15-31-22(26-20)25-16(3)30/h4-5,10-12,15,29H,1,6-9,13-14H2,2-3H3,(H,25,26,30)/b17-10+,18-5+. The lowest BCUT2D eigenvalue weighted by atomic mass is 10.1. The van der Waals surface area contributed by atoms with Gasteiger partial charge in [-0.15, -0.1) is 11.3 Å². The summed E-state index contributed by atoms with van der Waals surface area (Å²) in [5.74, 6) is 0.614. The number of rotatable bonds is 8. The van der Waals surface area contributed by atoms with Crippen molar-refractivity contribution in [2.75, 3.05) is 43.0 Å². The summed E-state index contributed by atoms with van der Waals surface area (Å²) >= 11 is 1.45. The number of carbonyl (C=O) groups is 1. The van der Waals surface area contributed by atoms with Crippen molar-refractivity contribution in [3.63, 3.8) is 0 Å². The van der Waals surface area contributed by atoms with Crippen LogP contribution in [0.15, 0.2) is 48.2 Å². The fourth-order valence-corrected chi connectivity index (χ4v) is 4.01. The number of aliphatic hydroxyl groups is 1. The maximum absolute atomic E-state index is 11.1. The Morgan fingerprint density at radius 3 is 2.58 bits per heavy atom. The largest absolute Gasteiger partial charge is 0.392 e. The normalized spacial score (nSPS) is 15.8. The molecular weight excluding hydrogens is 412 g/mol. The average Bonchev–Trinajstić information content (AvgIpc) is 3.21. The number of hydrogen-bond donors (Lipinski definition) is 2. The van der Waals surface area contributed by atoms with Crippen molar-refractivity contribution in [3.8, 4) is 0 Å². The molecule has 0 aliphatic carbocycles. The molecule has 0 aromatic carbocycles. The van der Waals surface area contributed by atoms with Gasteiger partial charge in [0.1, 0.15) is 0 Å². The highest BCUT2D eigenvalue weighted by atomic mass is 32.1. The van der Waals surface area contributed by atoms with Crippen molar-refractivity contribution in [3.05, 3.63) is 59.4 Å². The van der Waals surface area contributed by atoms with Gasteiger partial charge >= 0.3 is 0 Å². The average molecular weight is 441 g/mol. The molecule has 1 fully saturated rings. The summed E-state index contributed by atoms with van der Waals surface area (Å²) < 4.78 is 0. The van der Waals surface area contributed by atoms with E-state index in [9.17, 15) is 9.90 Å². The van der Waals surface area contributed by atoms with Gasteiger partial charge in [-0.05, 0) is 24.1 Å². The number of anilines is 2. The number of aromatic nitrogens is 3. The first-order valence-electron chi connectivity index (χ1n) is 10.1. The molecule has 2 N–H and O–H groups in total. The van der Waals surface area contributed by atoms with Gasteiger partial charge in [-0.1, -0.05) is 18.7 Å². The second-order valence-corrected chi connectivity index (χ2v) is 8.04. The van der Waals surface area contributed by atoms with Gasteiger partial charge in [-0.3, -0.25) is 9.69 Å². The van der Waals surface area contributed by atoms with Crippen LogP contribution in [0.3, 0.4) is 0 Å². The summed E-state index contributed by atoms with van der Waals surface area (Å²) in [6.07, 6.45) is 9.13. The number of nitrogens with zero attached hydrogens (tertiary/aromatic N) is 5. The first-order chi connectivity index (χ1) is 15.0. The highest BCUT2D eigenvalue weighted by Gasteiger charge is 2.20. The van der Waals surface area contributed by atoms with Crippen molar-refractivity contribution < 1.29 is 9.90 Å². The molecule has 31 heavy (non-hydrogen) atoms. The molecular formula is C22H28N6O2S. The molecule has 2 aromatic rings. The molecule has 1 aliphatic heterocycles. The van der Waals surface area contributed by atoms with Crippen molar-refractivity contribution >= 4 is 33.9 Å². The number of hydrogen-bond acceptors (Lipinski definition) is 8. The Labute approximate surface area is 186 Å². The molecule has 3 heterocycles. The Balaban J connectivity index is 1.56. The lowest BCUT2D eigenvalue weighted by Crippen LogP contribution is -2.46. The van der Waals surface area contributed by atoms with E-state index in [4.69, 9.17) is 0 Å². The Bertz CT molecular complexity index is 959. The van der Waals surface area contributed by atoms with Crippen molar-refractivity contribution in [2.24, 2.45) is 0 Å². The van der Waals surface area contributed by atoms with E-state index in [-0.39, 0.29) is 12.5 Å². The number of piperazine rings is 1. The Morgan fingerprint density at radius 2 is 2.00 bits per heavy atom. The van der Waals surface area contributed by atoms with Crippen molar-refractivity contribution in [1.29, 1.82) is 0 Å². The smallest absolute Gasteiger partial charge is 0.225 e. The molecule has 2 aromatic heterocycles. The van der Waals surface area contributed by atoms with Crippen LogP contribution in [0, 0.1) is 0 Å². The predicted octanol–water partition coefficient (Wildman–Crippen LogP) is 2.72. The molecule has 1 saturated heterocycles. The zero-order valence-electron chi connectivity index (χ0n) is 17.9. The van der Waals surface area contributed by atoms with Gasteiger partial charge in [-0.25, -0.2) is 15.0 Å². The van der Waals surface area contributed by atoms with E-state index in [1.807, 2.05) is 36.8 Å². The topological polar surface area (TPSA) is 94.5 Å². The van der Waals surface area contributed by atoms with Crippen molar-refractivity contribution in [2.45, 2.75) is 20.4 Å². The summed E-state index contributed by atoms with van der Waals surface area (Å²) in [6, 6.07) is 0. The first kappa shape index (κ1) is 22.8. The van der Waals surface area contributed by atoms with Gasteiger partial charge in [0, 0.05) is 63.0 Å². The highest BCUT2D eigenvalue weighted by Crippen LogP contribution is 2.20. The number of nitrogens with one attached hydrogen (secondary N) is 1. The van der Waals surface area contributed by atoms with Crippen LogP contribution >= 0.6 is 11.3 Å². The van der Waals surface area contributed by atoms with E-state index >= 15 is 0 Å². The van der Waals surface area contributed by atoms with Gasteiger partial charge in [0.2, 0.25) is 11.9 Å². The summed E-state index contributed by atoms with van der Waals surface area (Å²) in [5, 5.41) is 14.7. The lowest BCUT2D eigenvalue weighted by Gasteiger charge is -2.34. The van der Waals surface area contributed by atoms with E-state index in [1.54, 1.807) is 6.08 Å². The minimum absolute atomic E-state index is 0.0560. The molecule has 0 radical (unpaired) electrons. The van der Waals surface area contributed by atoms with Gasteiger partial charge < -0.3 is 15.3 Å². The molecule has 9 heteroatoms. The van der Waals surface area contributed by atoms with Crippen LogP contribution in [0.25, 0.3) is 5.57 Å². The Kier molecular flexibility index (Phi) is 8.05. The number of carbonyl (C=O) groups excluding carboxylic acids is 1. The number of aliphatic hydroxyl groups excluding tert-OH is 1. The van der Waals surface area contributed by atoms with Gasteiger partial charge in [-0.2, -0.15) is 0 Å². The van der Waals surface area contributed by atoms with E-state index in [1.165, 1.54) is 18.3 Å². The van der Waals surface area contributed by atoms with E-state index in [2.05, 4.69) is 36.6 Å². The second-order valence-electron chi connectivity index (χ2n) is 7.19. The van der Waals surface area contributed by atoms with Gasteiger partial charge in [0.15, 0.2) is 5.13 Å². The molecule has 0 atom stereocenters. The van der Waals surface area contributed by atoms with Crippen LogP contribution in [0.4, 0.5) is 11.1 Å². The molecule has 0 saturated carbocycles. The van der Waals surface area contributed by atoms with Crippen LogP contribution < -0.4 is 10.2 Å². The summed E-state index contributed by atoms with van der Waals surface area (Å²) in [7, 11) is 0. The molecule has 164 valence electrons. The van der Waals surface area contributed by atoms with Crippen molar-refractivity contribution in [1.82, 2.24) is 19.9 Å². The Morgan fingerprint density at radius 1 is 1.29 bits per heavy atom. The number of thiazole rings is 1. The molecule has 3 rings (SSSR count). The van der Waals surface area contributed by atoms with Crippen LogP contribution in [0.2, 0.25) is 0 Å². The molecule has 1 amide bonds. The highest BCUT2D eigenvalue weighted by molar-refractivity contribution is 7.13. The van der Waals surface area contributed by atoms with E-state index in [0.29, 0.717) is 5.13 Å². The zero-order valence-corrected chi connectivity index (χ0v) is 18.7. The maximum Gasteiger partial charge on any atom is 0.225 e. The monoisotopic (exact) mass is 440 g/mol. The third-order valence-corrected chi connectivity index (χ3v) is 5.75. The third-order valence-electron chi connectivity index (χ3n) is 4.94. The molecule has 1 aliphatic rings.